The molecule has 1 aromatic carbocycles. The molecule has 1 aromatic heterocycles. The lowest BCUT2D eigenvalue weighted by Gasteiger charge is -2.23. The topological polar surface area (TPSA) is 97.3 Å². The largest absolute Gasteiger partial charge is 0.376 e. The Balaban J connectivity index is 2.59. The molecule has 27 heavy (non-hydrogen) atoms. The van der Waals surface area contributed by atoms with Gasteiger partial charge in [-0.25, -0.2) is 0 Å². The lowest BCUT2D eigenvalue weighted by atomic mass is 9.87. The molecule has 2 aromatic rings. The van der Waals surface area contributed by atoms with Gasteiger partial charge in [-0.3, -0.25) is 14.2 Å². The summed E-state index contributed by atoms with van der Waals surface area (Å²) in [7, 11) is 0. The highest BCUT2D eigenvalue weighted by Crippen LogP contribution is 2.46. The highest BCUT2D eigenvalue weighted by Gasteiger charge is 2.39. The average molecular weight is 420 g/mol. The standard InChI is InChI=1S/C17H17Cl2F2N3O3/c1-6-10-9(3-4-23-14(6)25)24(16(20)21)13-11(10)7(5-8(18)12(13)19)17(2,27)15(22)26/h5-6,16,27H,3-4H2,1-2H3,(H2,22,26)(H,23,25)/t6-,17?/m0/s1. The van der Waals surface area contributed by atoms with E-state index in [4.69, 9.17) is 28.9 Å². The zero-order valence-electron chi connectivity index (χ0n) is 14.4. The number of aromatic nitrogens is 1. The third kappa shape index (κ3) is 2.86. The summed E-state index contributed by atoms with van der Waals surface area (Å²) in [5, 5.41) is 13.1. The van der Waals surface area contributed by atoms with Gasteiger partial charge in [-0.2, -0.15) is 8.78 Å². The van der Waals surface area contributed by atoms with Crippen molar-refractivity contribution in [3.63, 3.8) is 0 Å². The van der Waals surface area contributed by atoms with Crippen LogP contribution in [-0.4, -0.2) is 28.0 Å². The summed E-state index contributed by atoms with van der Waals surface area (Å²) in [4.78, 5) is 24.2. The van der Waals surface area contributed by atoms with Gasteiger partial charge in [-0.05, 0) is 25.5 Å². The van der Waals surface area contributed by atoms with E-state index >= 15 is 0 Å². The summed E-state index contributed by atoms with van der Waals surface area (Å²) < 4.78 is 28.7. The van der Waals surface area contributed by atoms with Gasteiger partial charge in [0.25, 0.3) is 5.91 Å². The number of hydrogen-bond acceptors (Lipinski definition) is 3. The molecule has 0 aliphatic carbocycles. The van der Waals surface area contributed by atoms with Crippen molar-refractivity contribution < 1.29 is 23.5 Å². The van der Waals surface area contributed by atoms with Crippen LogP contribution in [0.25, 0.3) is 10.9 Å². The van der Waals surface area contributed by atoms with E-state index in [1.807, 2.05) is 0 Å². The monoisotopic (exact) mass is 419 g/mol. The van der Waals surface area contributed by atoms with Crippen LogP contribution < -0.4 is 11.1 Å². The number of carbonyl (C=O) groups is 2. The number of hydrogen-bond donors (Lipinski definition) is 3. The molecule has 0 spiro atoms. The molecule has 0 radical (unpaired) electrons. The van der Waals surface area contributed by atoms with E-state index in [2.05, 4.69) is 5.32 Å². The van der Waals surface area contributed by atoms with Crippen molar-refractivity contribution in [2.24, 2.45) is 5.73 Å². The molecular formula is C17H17Cl2F2N3O3. The van der Waals surface area contributed by atoms with Crippen molar-refractivity contribution in [2.75, 3.05) is 6.54 Å². The van der Waals surface area contributed by atoms with E-state index in [-0.39, 0.29) is 56.6 Å². The van der Waals surface area contributed by atoms with E-state index in [0.29, 0.717) is 4.57 Å². The molecule has 146 valence electrons. The third-order valence-corrected chi connectivity index (χ3v) is 5.77. The number of alkyl halides is 2. The number of rotatable bonds is 3. The van der Waals surface area contributed by atoms with E-state index in [1.165, 1.54) is 6.07 Å². The van der Waals surface area contributed by atoms with E-state index < -0.39 is 24.0 Å². The number of halogens is 4. The first-order chi connectivity index (χ1) is 12.5. The van der Waals surface area contributed by atoms with Crippen LogP contribution in [0.5, 0.6) is 0 Å². The number of benzene rings is 1. The Morgan fingerprint density at radius 1 is 1.48 bits per heavy atom. The minimum atomic E-state index is -2.97. The molecular weight excluding hydrogens is 403 g/mol. The zero-order valence-corrected chi connectivity index (χ0v) is 16.0. The van der Waals surface area contributed by atoms with Crippen molar-refractivity contribution in [3.05, 3.63) is 32.9 Å². The fourth-order valence-corrected chi connectivity index (χ4v) is 4.00. The molecule has 2 amide bonds. The van der Waals surface area contributed by atoms with Crippen molar-refractivity contribution in [1.29, 1.82) is 0 Å². The normalized spacial score (nSPS) is 19.6. The molecule has 1 unspecified atom stereocenters. The number of fused-ring (bicyclic) bond motifs is 3. The minimum Gasteiger partial charge on any atom is -0.376 e. The first-order valence-corrected chi connectivity index (χ1v) is 8.89. The highest BCUT2D eigenvalue weighted by atomic mass is 35.5. The van der Waals surface area contributed by atoms with Crippen molar-refractivity contribution in [1.82, 2.24) is 9.88 Å². The van der Waals surface area contributed by atoms with Gasteiger partial charge < -0.3 is 16.2 Å². The first kappa shape index (κ1) is 19.9. The number of amides is 2. The molecule has 4 N–H and O–H groups in total. The van der Waals surface area contributed by atoms with Crippen molar-refractivity contribution >= 4 is 45.9 Å². The fraction of sp³-hybridized carbons (Fsp3) is 0.412. The van der Waals surface area contributed by atoms with E-state index in [0.717, 1.165) is 6.92 Å². The SMILES string of the molecule is C[C@@H]1C(=O)NCCc2c1c1c(C(C)(O)C(N)=O)cc(Cl)c(Cl)c1n2C(F)F. The maximum atomic E-state index is 14.0. The predicted octanol–water partition coefficient (Wildman–Crippen LogP) is 2.81. The molecule has 2 heterocycles. The Hall–Kier alpha value is -1.90. The van der Waals surface area contributed by atoms with Crippen LogP contribution in [0.15, 0.2) is 6.07 Å². The molecule has 3 rings (SSSR count). The molecule has 1 aliphatic rings. The van der Waals surface area contributed by atoms with Crippen LogP contribution in [0.1, 0.15) is 43.1 Å². The second-order valence-corrected chi connectivity index (χ2v) is 7.44. The van der Waals surface area contributed by atoms with Gasteiger partial charge in [-0.1, -0.05) is 23.2 Å². The number of primary amides is 1. The Bertz CT molecular complexity index is 972. The summed E-state index contributed by atoms with van der Waals surface area (Å²) in [6, 6.07) is 1.22. The quantitative estimate of drug-likeness (QED) is 0.713. The summed E-state index contributed by atoms with van der Waals surface area (Å²) in [5.74, 6) is -2.27. The van der Waals surface area contributed by atoms with Gasteiger partial charge in [0.15, 0.2) is 5.60 Å². The van der Waals surface area contributed by atoms with Crippen LogP contribution in [0.3, 0.4) is 0 Å². The summed E-state index contributed by atoms with van der Waals surface area (Å²) in [6.45, 7) is -0.118. The van der Waals surface area contributed by atoms with Crippen LogP contribution in [-0.2, 0) is 21.6 Å². The Labute approximate surface area is 163 Å². The van der Waals surface area contributed by atoms with Crippen molar-refractivity contribution in [2.45, 2.75) is 38.3 Å². The van der Waals surface area contributed by atoms with Crippen molar-refractivity contribution in [3.8, 4) is 0 Å². The third-order valence-electron chi connectivity index (χ3n) is 4.99. The first-order valence-electron chi connectivity index (χ1n) is 8.13. The van der Waals surface area contributed by atoms with Crippen LogP contribution in [0, 0.1) is 0 Å². The maximum Gasteiger partial charge on any atom is 0.319 e. The number of carbonyl (C=O) groups excluding carboxylic acids is 2. The zero-order chi connectivity index (χ0) is 20.3. The lowest BCUT2D eigenvalue weighted by Crippen LogP contribution is -2.38. The molecule has 0 saturated heterocycles. The molecule has 10 heteroatoms. The Kier molecular flexibility index (Phi) is 4.86. The maximum absolute atomic E-state index is 14.0. The summed E-state index contributed by atoms with van der Waals surface area (Å²) in [6.07, 6.45) is 0.122. The van der Waals surface area contributed by atoms with Gasteiger partial charge in [0.1, 0.15) is 0 Å². The molecule has 2 atom stereocenters. The van der Waals surface area contributed by atoms with Gasteiger partial charge >= 0.3 is 6.55 Å². The lowest BCUT2D eigenvalue weighted by molar-refractivity contribution is -0.135. The molecule has 0 saturated carbocycles. The van der Waals surface area contributed by atoms with Gasteiger partial charge in [-0.15, -0.1) is 0 Å². The molecule has 1 aliphatic heterocycles. The number of nitrogens with one attached hydrogen (secondary N) is 1. The predicted molar refractivity (Wildman–Crippen MR) is 97.1 cm³/mol. The van der Waals surface area contributed by atoms with E-state index in [1.54, 1.807) is 6.92 Å². The van der Waals surface area contributed by atoms with Gasteiger partial charge in [0.2, 0.25) is 5.91 Å². The Morgan fingerprint density at radius 3 is 2.67 bits per heavy atom. The van der Waals surface area contributed by atoms with Crippen LogP contribution >= 0.6 is 23.2 Å². The van der Waals surface area contributed by atoms with Gasteiger partial charge in [0.05, 0.1) is 21.5 Å². The second kappa shape index (κ2) is 6.61. The average Bonchev–Trinajstić information content (AvgIpc) is 2.84. The molecule has 0 bridgehead atoms. The highest BCUT2D eigenvalue weighted by molar-refractivity contribution is 6.45. The molecule has 0 fully saturated rings. The van der Waals surface area contributed by atoms with Crippen LogP contribution in [0.4, 0.5) is 8.78 Å². The number of nitrogens with zero attached hydrogens (tertiary/aromatic N) is 1. The fourth-order valence-electron chi connectivity index (χ4n) is 3.56. The number of aliphatic hydroxyl groups is 1. The number of nitrogens with two attached hydrogens (primary N) is 1. The molecule has 6 nitrogen and oxygen atoms in total. The van der Waals surface area contributed by atoms with Crippen LogP contribution in [0.2, 0.25) is 10.0 Å². The smallest absolute Gasteiger partial charge is 0.319 e. The second-order valence-electron chi connectivity index (χ2n) is 6.65. The Morgan fingerprint density at radius 2 is 2.11 bits per heavy atom. The van der Waals surface area contributed by atoms with E-state index in [9.17, 15) is 23.5 Å². The van der Waals surface area contributed by atoms with Gasteiger partial charge in [0, 0.05) is 29.6 Å². The minimum absolute atomic E-state index is 0.0726. The summed E-state index contributed by atoms with van der Waals surface area (Å²) in [5.41, 5.74) is 3.36. The summed E-state index contributed by atoms with van der Waals surface area (Å²) >= 11 is 12.3.